The Labute approximate surface area is 164 Å². The Morgan fingerprint density at radius 1 is 1.04 bits per heavy atom. The van der Waals surface area contributed by atoms with Crippen LogP contribution in [0.25, 0.3) is 11.0 Å². The first kappa shape index (κ1) is 18.4. The van der Waals surface area contributed by atoms with Gasteiger partial charge < -0.3 is 18.8 Å². The topological polar surface area (TPSA) is 51.9 Å². The van der Waals surface area contributed by atoms with Gasteiger partial charge in [-0.15, -0.1) is 0 Å². The van der Waals surface area contributed by atoms with Crippen LogP contribution in [-0.4, -0.2) is 30.6 Å². The van der Waals surface area contributed by atoms with E-state index in [0.717, 1.165) is 36.0 Å². The molecule has 146 valence electrons. The van der Waals surface area contributed by atoms with Crippen LogP contribution in [0.5, 0.6) is 11.5 Å². The fourth-order valence-corrected chi connectivity index (χ4v) is 3.38. The zero-order valence-corrected chi connectivity index (χ0v) is 16.1. The van der Waals surface area contributed by atoms with Crippen molar-refractivity contribution < 1.29 is 18.7 Å². The minimum Gasteiger partial charge on any atom is -0.490 e. The van der Waals surface area contributed by atoms with E-state index in [1.165, 1.54) is 0 Å². The third kappa shape index (κ3) is 3.98. The van der Waals surface area contributed by atoms with E-state index in [1.807, 2.05) is 47.4 Å². The van der Waals surface area contributed by atoms with Crippen molar-refractivity contribution in [1.29, 1.82) is 0 Å². The maximum atomic E-state index is 13.2. The average molecular weight is 379 g/mol. The third-order valence-corrected chi connectivity index (χ3v) is 4.89. The number of amides is 1. The standard InChI is InChI=1S/C23H25NO4/c1-2-3-11-24(16-19-14-17-7-4-5-8-20(17)28-19)23(25)18-9-10-21-22(15-18)27-13-6-12-26-21/h4-5,7-10,14-15H,2-3,6,11-13,16H2,1H3. The summed E-state index contributed by atoms with van der Waals surface area (Å²) in [6.07, 6.45) is 2.80. The number of unbranched alkanes of at least 4 members (excludes halogenated alkanes) is 1. The van der Waals surface area contributed by atoms with Gasteiger partial charge in [-0.25, -0.2) is 0 Å². The van der Waals surface area contributed by atoms with Crippen molar-refractivity contribution in [3.63, 3.8) is 0 Å². The van der Waals surface area contributed by atoms with Gasteiger partial charge >= 0.3 is 0 Å². The highest BCUT2D eigenvalue weighted by molar-refractivity contribution is 5.95. The minimum atomic E-state index is -0.0236. The SMILES string of the molecule is CCCCN(Cc1cc2ccccc2o1)C(=O)c1ccc2c(c1)OCCCO2. The minimum absolute atomic E-state index is 0.0236. The van der Waals surface area contributed by atoms with E-state index in [-0.39, 0.29) is 5.91 Å². The summed E-state index contributed by atoms with van der Waals surface area (Å²) in [5, 5.41) is 1.05. The quantitative estimate of drug-likeness (QED) is 0.602. The molecule has 28 heavy (non-hydrogen) atoms. The molecule has 1 aromatic heterocycles. The molecule has 5 heteroatoms. The van der Waals surface area contributed by atoms with E-state index in [9.17, 15) is 4.79 Å². The first-order valence-electron chi connectivity index (χ1n) is 9.91. The highest BCUT2D eigenvalue weighted by Crippen LogP contribution is 2.31. The van der Waals surface area contributed by atoms with Crippen molar-refractivity contribution in [1.82, 2.24) is 4.90 Å². The van der Waals surface area contributed by atoms with Crippen molar-refractivity contribution in [2.24, 2.45) is 0 Å². The van der Waals surface area contributed by atoms with Crippen molar-refractivity contribution in [2.75, 3.05) is 19.8 Å². The Morgan fingerprint density at radius 2 is 1.86 bits per heavy atom. The number of ether oxygens (including phenoxy) is 2. The first-order valence-corrected chi connectivity index (χ1v) is 9.91. The van der Waals surface area contributed by atoms with Crippen LogP contribution < -0.4 is 9.47 Å². The highest BCUT2D eigenvalue weighted by atomic mass is 16.5. The van der Waals surface area contributed by atoms with E-state index in [0.29, 0.717) is 43.4 Å². The maximum Gasteiger partial charge on any atom is 0.254 e. The van der Waals surface area contributed by atoms with Crippen LogP contribution in [0.1, 0.15) is 42.3 Å². The van der Waals surface area contributed by atoms with Crippen LogP contribution >= 0.6 is 0 Å². The van der Waals surface area contributed by atoms with Gasteiger partial charge in [0.25, 0.3) is 5.91 Å². The predicted molar refractivity (Wildman–Crippen MR) is 108 cm³/mol. The summed E-state index contributed by atoms with van der Waals surface area (Å²) in [4.78, 5) is 15.1. The van der Waals surface area contributed by atoms with Crippen LogP contribution in [0.2, 0.25) is 0 Å². The molecule has 1 aliphatic rings. The molecule has 0 saturated carbocycles. The number of benzene rings is 2. The molecule has 0 radical (unpaired) electrons. The molecule has 0 unspecified atom stereocenters. The number of nitrogens with zero attached hydrogens (tertiary/aromatic N) is 1. The number of hydrogen-bond acceptors (Lipinski definition) is 4. The van der Waals surface area contributed by atoms with Gasteiger partial charge in [0.1, 0.15) is 11.3 Å². The molecule has 0 aliphatic carbocycles. The summed E-state index contributed by atoms with van der Waals surface area (Å²) in [6, 6.07) is 15.3. The van der Waals surface area contributed by atoms with E-state index >= 15 is 0 Å². The summed E-state index contributed by atoms with van der Waals surface area (Å²) in [7, 11) is 0. The van der Waals surface area contributed by atoms with Gasteiger partial charge in [0, 0.05) is 23.9 Å². The third-order valence-electron chi connectivity index (χ3n) is 4.89. The predicted octanol–water partition coefficient (Wildman–Crippen LogP) is 5.04. The second kappa shape index (κ2) is 8.38. The number of carbonyl (C=O) groups excluding carboxylic acids is 1. The lowest BCUT2D eigenvalue weighted by molar-refractivity contribution is 0.0729. The van der Waals surface area contributed by atoms with Gasteiger partial charge in [-0.2, -0.15) is 0 Å². The van der Waals surface area contributed by atoms with Gasteiger partial charge in [0.2, 0.25) is 0 Å². The molecule has 2 aromatic carbocycles. The smallest absolute Gasteiger partial charge is 0.254 e. The van der Waals surface area contributed by atoms with Crippen LogP contribution in [0.3, 0.4) is 0 Å². The first-order chi connectivity index (χ1) is 13.7. The second-order valence-electron chi connectivity index (χ2n) is 7.04. The molecule has 0 atom stereocenters. The Morgan fingerprint density at radius 3 is 2.68 bits per heavy atom. The molecule has 5 nitrogen and oxygen atoms in total. The fourth-order valence-electron chi connectivity index (χ4n) is 3.38. The molecule has 1 aliphatic heterocycles. The zero-order valence-electron chi connectivity index (χ0n) is 16.1. The van der Waals surface area contributed by atoms with Gasteiger partial charge in [-0.3, -0.25) is 4.79 Å². The lowest BCUT2D eigenvalue weighted by atomic mass is 10.1. The monoisotopic (exact) mass is 379 g/mol. The molecule has 4 rings (SSSR count). The van der Waals surface area contributed by atoms with E-state index < -0.39 is 0 Å². The van der Waals surface area contributed by atoms with Crippen LogP contribution in [0.15, 0.2) is 52.9 Å². The summed E-state index contributed by atoms with van der Waals surface area (Å²) in [6.45, 7) is 4.48. The van der Waals surface area contributed by atoms with Crippen LogP contribution in [-0.2, 0) is 6.54 Å². The molecular weight excluding hydrogens is 354 g/mol. The Balaban J connectivity index is 1.57. The summed E-state index contributed by atoms with van der Waals surface area (Å²) < 4.78 is 17.4. The molecule has 0 spiro atoms. The van der Waals surface area contributed by atoms with E-state index in [1.54, 1.807) is 6.07 Å². The van der Waals surface area contributed by atoms with Crippen molar-refractivity contribution in [3.8, 4) is 11.5 Å². The Bertz CT molecular complexity index is 929. The Hall–Kier alpha value is -2.95. The number of para-hydroxylation sites is 1. The van der Waals surface area contributed by atoms with Crippen molar-refractivity contribution in [2.45, 2.75) is 32.7 Å². The van der Waals surface area contributed by atoms with Gasteiger partial charge in [-0.1, -0.05) is 31.5 Å². The molecule has 2 heterocycles. The van der Waals surface area contributed by atoms with E-state index in [4.69, 9.17) is 13.9 Å². The normalized spacial score (nSPS) is 13.3. The lowest BCUT2D eigenvalue weighted by Gasteiger charge is -2.22. The number of furan rings is 1. The maximum absolute atomic E-state index is 13.2. The molecule has 0 bridgehead atoms. The van der Waals surface area contributed by atoms with Crippen LogP contribution in [0, 0.1) is 0 Å². The number of fused-ring (bicyclic) bond motifs is 2. The molecule has 1 amide bonds. The molecule has 0 N–H and O–H groups in total. The van der Waals surface area contributed by atoms with Gasteiger partial charge in [-0.05, 0) is 36.8 Å². The van der Waals surface area contributed by atoms with Gasteiger partial charge in [0.05, 0.1) is 19.8 Å². The van der Waals surface area contributed by atoms with E-state index in [2.05, 4.69) is 6.92 Å². The van der Waals surface area contributed by atoms with Crippen LogP contribution in [0.4, 0.5) is 0 Å². The summed E-state index contributed by atoms with van der Waals surface area (Å²) >= 11 is 0. The second-order valence-corrected chi connectivity index (χ2v) is 7.04. The van der Waals surface area contributed by atoms with Crippen molar-refractivity contribution in [3.05, 3.63) is 59.9 Å². The number of hydrogen-bond donors (Lipinski definition) is 0. The highest BCUT2D eigenvalue weighted by Gasteiger charge is 2.20. The van der Waals surface area contributed by atoms with Gasteiger partial charge in [0.15, 0.2) is 11.5 Å². The summed E-state index contributed by atoms with van der Waals surface area (Å²) in [5.41, 5.74) is 1.45. The van der Waals surface area contributed by atoms with Crippen molar-refractivity contribution >= 4 is 16.9 Å². The lowest BCUT2D eigenvalue weighted by Crippen LogP contribution is -2.31. The Kier molecular flexibility index (Phi) is 5.51. The number of carbonyl (C=O) groups is 1. The largest absolute Gasteiger partial charge is 0.490 e. The number of rotatable bonds is 6. The fraction of sp³-hybridized carbons (Fsp3) is 0.348. The summed E-state index contributed by atoms with van der Waals surface area (Å²) in [5.74, 6) is 2.11. The molecule has 0 saturated heterocycles. The molecule has 3 aromatic rings. The zero-order chi connectivity index (χ0) is 19.3. The average Bonchev–Trinajstić information content (AvgIpc) is 2.98. The molecule has 0 fully saturated rings. The molecular formula is C23H25NO4.